The third-order valence-electron chi connectivity index (χ3n) is 4.29. The first-order valence-corrected chi connectivity index (χ1v) is 9.27. The molecule has 1 atom stereocenters. The molecule has 1 aromatic carbocycles. The van der Waals surface area contributed by atoms with E-state index in [2.05, 4.69) is 5.32 Å². The van der Waals surface area contributed by atoms with E-state index in [1.807, 2.05) is 62.9 Å². The van der Waals surface area contributed by atoms with Gasteiger partial charge < -0.3 is 15.0 Å². The topological polar surface area (TPSA) is 58.6 Å². The molecule has 1 saturated heterocycles. The van der Waals surface area contributed by atoms with Gasteiger partial charge in [0.15, 0.2) is 0 Å². The largest absolute Gasteiger partial charge is 0.444 e. The summed E-state index contributed by atoms with van der Waals surface area (Å²) in [6.07, 6.45) is 5.97. The van der Waals surface area contributed by atoms with Crippen molar-refractivity contribution in [2.24, 2.45) is 0 Å². The van der Waals surface area contributed by atoms with Crippen LogP contribution in [0.5, 0.6) is 0 Å². The minimum Gasteiger partial charge on any atom is -0.444 e. The number of carbonyl (C=O) groups excluding carboxylic acids is 2. The second kappa shape index (κ2) is 8.88. The summed E-state index contributed by atoms with van der Waals surface area (Å²) in [6, 6.07) is 8.05. The fourth-order valence-corrected chi connectivity index (χ4v) is 2.96. The zero-order valence-corrected chi connectivity index (χ0v) is 16.2. The lowest BCUT2D eigenvalue weighted by Gasteiger charge is -2.35. The molecule has 0 aliphatic carbocycles. The molecule has 5 nitrogen and oxygen atoms in total. The van der Waals surface area contributed by atoms with Crippen molar-refractivity contribution >= 4 is 18.1 Å². The van der Waals surface area contributed by atoms with Crippen LogP contribution in [0.4, 0.5) is 4.79 Å². The molecule has 0 radical (unpaired) electrons. The number of hydrogen-bond acceptors (Lipinski definition) is 3. The minimum atomic E-state index is -0.525. The molecular formula is C21H30N2O3. The number of piperidine rings is 1. The SMILES string of the molecule is Cc1ccc(/C=C/C(=O)N2CCCCC2CNC(=O)OC(C)(C)C)cc1. The van der Waals surface area contributed by atoms with E-state index in [4.69, 9.17) is 4.74 Å². The highest BCUT2D eigenvalue weighted by Gasteiger charge is 2.26. The summed E-state index contributed by atoms with van der Waals surface area (Å²) in [5.74, 6) is -0.0127. The highest BCUT2D eigenvalue weighted by Crippen LogP contribution is 2.18. The Morgan fingerprint density at radius 2 is 1.92 bits per heavy atom. The maximum atomic E-state index is 12.6. The van der Waals surface area contributed by atoms with Crippen LogP contribution in [0.1, 0.15) is 51.2 Å². The smallest absolute Gasteiger partial charge is 0.407 e. The monoisotopic (exact) mass is 358 g/mol. The number of rotatable bonds is 4. The summed E-state index contributed by atoms with van der Waals surface area (Å²) in [6.45, 7) is 8.67. The van der Waals surface area contributed by atoms with Crippen molar-refractivity contribution in [1.29, 1.82) is 0 Å². The Labute approximate surface area is 156 Å². The normalized spacial score (nSPS) is 18.0. The van der Waals surface area contributed by atoms with E-state index in [1.165, 1.54) is 5.56 Å². The number of carbonyl (C=O) groups is 2. The van der Waals surface area contributed by atoms with Gasteiger partial charge in [-0.25, -0.2) is 4.79 Å². The number of amides is 2. The van der Waals surface area contributed by atoms with Crippen molar-refractivity contribution in [1.82, 2.24) is 10.2 Å². The number of ether oxygens (including phenoxy) is 1. The first-order valence-electron chi connectivity index (χ1n) is 9.27. The van der Waals surface area contributed by atoms with Gasteiger partial charge in [0.1, 0.15) is 5.60 Å². The van der Waals surface area contributed by atoms with Gasteiger partial charge in [-0.15, -0.1) is 0 Å². The Bertz CT molecular complexity index is 644. The van der Waals surface area contributed by atoms with Gasteiger partial charge in [0.2, 0.25) is 5.91 Å². The van der Waals surface area contributed by atoms with Gasteiger partial charge >= 0.3 is 6.09 Å². The van der Waals surface area contributed by atoms with Gasteiger partial charge in [0.25, 0.3) is 0 Å². The Kier molecular flexibility index (Phi) is 6.83. The van der Waals surface area contributed by atoms with E-state index in [-0.39, 0.29) is 11.9 Å². The highest BCUT2D eigenvalue weighted by molar-refractivity contribution is 5.92. The minimum absolute atomic E-state index is 0.00596. The standard InChI is InChI=1S/C21H30N2O3/c1-16-8-10-17(11-9-16)12-13-19(24)23-14-6-5-7-18(23)15-22-20(25)26-21(2,3)4/h8-13,18H,5-7,14-15H2,1-4H3,(H,22,25)/b13-12+. The summed E-state index contributed by atoms with van der Waals surface area (Å²) in [5.41, 5.74) is 1.67. The second-order valence-corrected chi connectivity index (χ2v) is 7.81. The van der Waals surface area contributed by atoms with Gasteiger partial charge in [-0.1, -0.05) is 29.8 Å². The quantitative estimate of drug-likeness (QED) is 0.830. The number of alkyl carbamates (subject to hydrolysis) is 1. The zero-order valence-electron chi connectivity index (χ0n) is 16.2. The van der Waals surface area contributed by atoms with Gasteiger partial charge in [-0.3, -0.25) is 4.79 Å². The Balaban J connectivity index is 1.93. The van der Waals surface area contributed by atoms with E-state index in [1.54, 1.807) is 6.08 Å². The molecule has 2 amide bonds. The molecule has 1 heterocycles. The molecule has 5 heteroatoms. The van der Waals surface area contributed by atoms with Crippen molar-refractivity contribution in [2.75, 3.05) is 13.1 Å². The average molecular weight is 358 g/mol. The molecule has 0 saturated carbocycles. The van der Waals surface area contributed by atoms with Crippen molar-refractivity contribution < 1.29 is 14.3 Å². The van der Waals surface area contributed by atoms with Crippen LogP contribution in [0.3, 0.4) is 0 Å². The summed E-state index contributed by atoms with van der Waals surface area (Å²) in [4.78, 5) is 26.3. The van der Waals surface area contributed by atoms with Crippen LogP contribution >= 0.6 is 0 Å². The Morgan fingerprint density at radius 1 is 1.23 bits per heavy atom. The summed E-state index contributed by atoms with van der Waals surface area (Å²) < 4.78 is 5.27. The van der Waals surface area contributed by atoms with Crippen molar-refractivity contribution in [3.63, 3.8) is 0 Å². The molecule has 0 bridgehead atoms. The third kappa shape index (κ3) is 6.54. The predicted octanol–water partition coefficient (Wildman–Crippen LogP) is 3.91. The molecule has 2 rings (SSSR count). The Morgan fingerprint density at radius 3 is 2.58 bits per heavy atom. The Hall–Kier alpha value is -2.30. The lowest BCUT2D eigenvalue weighted by Crippen LogP contribution is -2.49. The van der Waals surface area contributed by atoms with Crippen molar-refractivity contribution in [3.8, 4) is 0 Å². The molecule has 1 aliphatic rings. The molecule has 1 unspecified atom stereocenters. The van der Waals surface area contributed by atoms with E-state index < -0.39 is 11.7 Å². The predicted molar refractivity (Wildman–Crippen MR) is 104 cm³/mol. The van der Waals surface area contributed by atoms with Crippen LogP contribution < -0.4 is 5.32 Å². The molecule has 26 heavy (non-hydrogen) atoms. The zero-order chi connectivity index (χ0) is 19.2. The maximum absolute atomic E-state index is 12.6. The molecule has 1 aromatic rings. The number of nitrogens with one attached hydrogen (secondary N) is 1. The van der Waals surface area contributed by atoms with Gasteiger partial charge in [-0.2, -0.15) is 0 Å². The van der Waals surface area contributed by atoms with Crippen LogP contribution in [0, 0.1) is 6.92 Å². The van der Waals surface area contributed by atoms with Crippen molar-refractivity contribution in [2.45, 2.75) is 58.6 Å². The molecule has 0 spiro atoms. The number of nitrogens with zero attached hydrogens (tertiary/aromatic N) is 1. The number of likely N-dealkylation sites (tertiary alicyclic amines) is 1. The lowest BCUT2D eigenvalue weighted by atomic mass is 10.0. The summed E-state index contributed by atoms with van der Waals surface area (Å²) in [5, 5.41) is 2.79. The fourth-order valence-electron chi connectivity index (χ4n) is 2.96. The van der Waals surface area contributed by atoms with Crippen LogP contribution in [0.2, 0.25) is 0 Å². The first-order chi connectivity index (χ1) is 12.2. The number of aryl methyl sites for hydroxylation is 1. The molecule has 1 fully saturated rings. The molecular weight excluding hydrogens is 328 g/mol. The van der Waals surface area contributed by atoms with E-state index in [0.717, 1.165) is 31.4 Å². The van der Waals surface area contributed by atoms with E-state index in [0.29, 0.717) is 6.54 Å². The molecule has 1 aliphatic heterocycles. The van der Waals surface area contributed by atoms with Crippen molar-refractivity contribution in [3.05, 3.63) is 41.5 Å². The summed E-state index contributed by atoms with van der Waals surface area (Å²) >= 11 is 0. The maximum Gasteiger partial charge on any atom is 0.407 e. The number of benzene rings is 1. The number of hydrogen-bond donors (Lipinski definition) is 1. The molecule has 0 aromatic heterocycles. The fraction of sp³-hybridized carbons (Fsp3) is 0.524. The second-order valence-electron chi connectivity index (χ2n) is 7.81. The van der Waals surface area contributed by atoms with Gasteiger partial charge in [0.05, 0.1) is 0 Å². The lowest BCUT2D eigenvalue weighted by molar-refractivity contribution is -0.129. The van der Waals surface area contributed by atoms with Crippen LogP contribution in [0.15, 0.2) is 30.3 Å². The van der Waals surface area contributed by atoms with E-state index in [9.17, 15) is 9.59 Å². The highest BCUT2D eigenvalue weighted by atomic mass is 16.6. The van der Waals surface area contributed by atoms with Crippen LogP contribution in [-0.4, -0.2) is 41.6 Å². The van der Waals surface area contributed by atoms with Gasteiger partial charge in [0, 0.05) is 25.2 Å². The van der Waals surface area contributed by atoms with E-state index >= 15 is 0 Å². The average Bonchev–Trinajstić information content (AvgIpc) is 2.58. The summed E-state index contributed by atoms with van der Waals surface area (Å²) in [7, 11) is 0. The van der Waals surface area contributed by atoms with Gasteiger partial charge in [-0.05, 0) is 58.6 Å². The molecule has 1 N–H and O–H groups in total. The third-order valence-corrected chi connectivity index (χ3v) is 4.29. The molecule has 142 valence electrons. The first kappa shape index (κ1) is 20.0. The van der Waals surface area contributed by atoms with Crippen LogP contribution in [-0.2, 0) is 9.53 Å². The van der Waals surface area contributed by atoms with Crippen LogP contribution in [0.25, 0.3) is 6.08 Å².